The highest BCUT2D eigenvalue weighted by atomic mass is 35.5. The Morgan fingerprint density at radius 3 is 3.00 bits per heavy atom. The van der Waals surface area contributed by atoms with Crippen LogP contribution in [0, 0.1) is 6.92 Å². The third-order valence-electron chi connectivity index (χ3n) is 4.66. The van der Waals surface area contributed by atoms with Crippen molar-refractivity contribution in [3.8, 4) is 5.75 Å². The molecule has 1 unspecified atom stereocenters. The Bertz CT molecular complexity index is 923. The van der Waals surface area contributed by atoms with Crippen LogP contribution in [0.3, 0.4) is 0 Å². The number of ether oxygens (including phenoxy) is 1. The molecule has 6 heteroatoms. The van der Waals surface area contributed by atoms with Crippen molar-refractivity contribution < 1.29 is 9.53 Å². The minimum absolute atomic E-state index is 0.00102. The Morgan fingerprint density at radius 1 is 1.35 bits per heavy atom. The average molecular weight is 387 g/mol. The van der Waals surface area contributed by atoms with Crippen molar-refractivity contribution in [3.05, 3.63) is 58.1 Å². The Hall–Kier alpha value is -2.11. The van der Waals surface area contributed by atoms with Crippen LogP contribution in [-0.2, 0) is 4.79 Å². The molecule has 2 heterocycles. The van der Waals surface area contributed by atoms with E-state index in [2.05, 4.69) is 6.07 Å². The van der Waals surface area contributed by atoms with Crippen LogP contribution in [0.2, 0.25) is 5.02 Å². The fraction of sp³-hybridized carbons (Fsp3) is 0.300. The molecule has 1 aromatic heterocycles. The van der Waals surface area contributed by atoms with Gasteiger partial charge >= 0.3 is 0 Å². The molecule has 1 amide bonds. The summed E-state index contributed by atoms with van der Waals surface area (Å²) in [6, 6.07) is 13.6. The van der Waals surface area contributed by atoms with Gasteiger partial charge in [0.25, 0.3) is 5.91 Å². The van der Waals surface area contributed by atoms with Gasteiger partial charge in [0.15, 0.2) is 6.61 Å². The number of thiazole rings is 1. The molecule has 1 atom stereocenters. The summed E-state index contributed by atoms with van der Waals surface area (Å²) < 4.78 is 6.90. The molecule has 3 aromatic rings. The summed E-state index contributed by atoms with van der Waals surface area (Å²) in [4.78, 5) is 19.4. The van der Waals surface area contributed by atoms with E-state index in [4.69, 9.17) is 21.3 Å². The predicted octanol–water partition coefficient (Wildman–Crippen LogP) is 5.00. The van der Waals surface area contributed by atoms with Gasteiger partial charge in [-0.1, -0.05) is 23.7 Å². The molecular formula is C20H19ClN2O2S. The van der Waals surface area contributed by atoms with Crippen LogP contribution < -0.4 is 4.74 Å². The van der Waals surface area contributed by atoms with Crippen molar-refractivity contribution in [3.63, 3.8) is 0 Å². The van der Waals surface area contributed by atoms with E-state index >= 15 is 0 Å². The average Bonchev–Trinajstić information content (AvgIpc) is 3.27. The summed E-state index contributed by atoms with van der Waals surface area (Å²) >= 11 is 7.64. The first-order valence-corrected chi connectivity index (χ1v) is 9.85. The van der Waals surface area contributed by atoms with E-state index in [0.29, 0.717) is 10.8 Å². The first-order chi connectivity index (χ1) is 12.6. The first-order valence-electron chi connectivity index (χ1n) is 8.66. The lowest BCUT2D eigenvalue weighted by Crippen LogP contribution is -2.34. The largest absolute Gasteiger partial charge is 0.483 e. The van der Waals surface area contributed by atoms with Gasteiger partial charge < -0.3 is 9.64 Å². The topological polar surface area (TPSA) is 42.4 Å². The maximum absolute atomic E-state index is 12.7. The number of carbonyl (C=O) groups excluding carboxylic acids is 1. The number of carbonyl (C=O) groups is 1. The number of amides is 1. The fourth-order valence-electron chi connectivity index (χ4n) is 3.35. The molecule has 0 aliphatic carbocycles. The Kier molecular flexibility index (Phi) is 4.83. The Balaban J connectivity index is 1.48. The fourth-order valence-corrected chi connectivity index (χ4v) is 4.69. The van der Waals surface area contributed by atoms with Gasteiger partial charge in [-0.3, -0.25) is 4.79 Å². The summed E-state index contributed by atoms with van der Waals surface area (Å²) in [5.41, 5.74) is 1.93. The summed E-state index contributed by atoms with van der Waals surface area (Å²) in [6.45, 7) is 2.71. The molecule has 1 fully saturated rings. The monoisotopic (exact) mass is 386 g/mol. The number of hydrogen-bond donors (Lipinski definition) is 0. The molecule has 4 nitrogen and oxygen atoms in total. The molecule has 0 radical (unpaired) electrons. The number of halogens is 1. The first kappa shape index (κ1) is 17.3. The molecule has 0 saturated carbocycles. The van der Waals surface area contributed by atoms with E-state index in [9.17, 15) is 4.79 Å². The number of para-hydroxylation sites is 1. The van der Waals surface area contributed by atoms with E-state index in [0.717, 1.165) is 40.2 Å². The van der Waals surface area contributed by atoms with Gasteiger partial charge in [-0.05, 0) is 55.7 Å². The number of benzene rings is 2. The van der Waals surface area contributed by atoms with E-state index < -0.39 is 0 Å². The lowest BCUT2D eigenvalue weighted by molar-refractivity contribution is -0.134. The summed E-state index contributed by atoms with van der Waals surface area (Å²) in [5.74, 6) is 0.694. The number of rotatable bonds is 4. The van der Waals surface area contributed by atoms with Crippen LogP contribution in [0.1, 0.15) is 29.5 Å². The van der Waals surface area contributed by atoms with Crippen molar-refractivity contribution >= 4 is 39.1 Å². The molecule has 2 aromatic carbocycles. The van der Waals surface area contributed by atoms with Crippen LogP contribution in [0.15, 0.2) is 42.5 Å². The second-order valence-corrected chi connectivity index (χ2v) is 7.96. The highest BCUT2D eigenvalue weighted by molar-refractivity contribution is 7.18. The van der Waals surface area contributed by atoms with Gasteiger partial charge in [0.2, 0.25) is 0 Å². The van der Waals surface area contributed by atoms with Gasteiger partial charge in [-0.15, -0.1) is 11.3 Å². The maximum atomic E-state index is 12.7. The zero-order valence-corrected chi connectivity index (χ0v) is 16.0. The number of fused-ring (bicyclic) bond motifs is 1. The summed E-state index contributed by atoms with van der Waals surface area (Å²) in [5, 5.41) is 1.68. The second kappa shape index (κ2) is 7.25. The van der Waals surface area contributed by atoms with Crippen LogP contribution in [0.5, 0.6) is 5.75 Å². The molecule has 4 rings (SSSR count). The highest BCUT2D eigenvalue weighted by Crippen LogP contribution is 2.36. The Labute approximate surface area is 161 Å². The van der Waals surface area contributed by atoms with E-state index in [1.807, 2.05) is 36.1 Å². The predicted molar refractivity (Wildman–Crippen MR) is 105 cm³/mol. The molecule has 26 heavy (non-hydrogen) atoms. The maximum Gasteiger partial charge on any atom is 0.261 e. The third kappa shape index (κ3) is 3.41. The van der Waals surface area contributed by atoms with E-state index in [-0.39, 0.29) is 18.6 Å². The molecule has 0 bridgehead atoms. The van der Waals surface area contributed by atoms with Crippen LogP contribution in [0.25, 0.3) is 10.2 Å². The summed E-state index contributed by atoms with van der Waals surface area (Å²) in [7, 11) is 0. The highest BCUT2D eigenvalue weighted by Gasteiger charge is 2.32. The van der Waals surface area contributed by atoms with Gasteiger partial charge in [-0.2, -0.15) is 0 Å². The van der Waals surface area contributed by atoms with Crippen molar-refractivity contribution in [2.45, 2.75) is 25.8 Å². The van der Waals surface area contributed by atoms with Gasteiger partial charge in [0, 0.05) is 11.6 Å². The number of nitrogens with zero attached hydrogens (tertiary/aromatic N) is 2. The Morgan fingerprint density at radius 2 is 2.19 bits per heavy atom. The lowest BCUT2D eigenvalue weighted by atomic mass is 10.2. The standard InChI is InChI=1S/C20H19ClN2O2S/c1-13-11-14(21)8-9-17(13)25-12-19(24)23-10-4-6-16(23)20-22-15-5-2-3-7-18(15)26-20/h2-3,5,7-9,11,16H,4,6,10,12H2,1H3. The number of aryl methyl sites for hydroxylation is 1. The van der Waals surface area contributed by atoms with Crippen molar-refractivity contribution in [2.75, 3.05) is 13.2 Å². The molecule has 0 N–H and O–H groups in total. The van der Waals surface area contributed by atoms with Crippen LogP contribution in [-0.4, -0.2) is 28.9 Å². The van der Waals surface area contributed by atoms with Crippen LogP contribution >= 0.6 is 22.9 Å². The van der Waals surface area contributed by atoms with Crippen LogP contribution in [0.4, 0.5) is 0 Å². The van der Waals surface area contributed by atoms with Gasteiger partial charge in [0.05, 0.1) is 16.3 Å². The van der Waals surface area contributed by atoms with Crippen molar-refractivity contribution in [1.82, 2.24) is 9.88 Å². The zero-order chi connectivity index (χ0) is 18.1. The number of likely N-dealkylation sites (tertiary alicyclic amines) is 1. The normalized spacial score (nSPS) is 17.0. The number of hydrogen-bond acceptors (Lipinski definition) is 4. The molecule has 1 aliphatic heterocycles. The minimum Gasteiger partial charge on any atom is -0.483 e. The van der Waals surface area contributed by atoms with Gasteiger partial charge in [-0.25, -0.2) is 4.98 Å². The van der Waals surface area contributed by atoms with Crippen molar-refractivity contribution in [1.29, 1.82) is 0 Å². The molecule has 134 valence electrons. The summed E-state index contributed by atoms with van der Waals surface area (Å²) in [6.07, 6.45) is 1.94. The quantitative estimate of drug-likeness (QED) is 0.633. The van der Waals surface area contributed by atoms with Crippen molar-refractivity contribution in [2.24, 2.45) is 0 Å². The minimum atomic E-state index is 0.00102. The lowest BCUT2D eigenvalue weighted by Gasteiger charge is -2.23. The molecule has 0 spiro atoms. The smallest absolute Gasteiger partial charge is 0.261 e. The SMILES string of the molecule is Cc1cc(Cl)ccc1OCC(=O)N1CCCC1c1nc2ccccc2s1. The molecule has 1 aliphatic rings. The van der Waals surface area contributed by atoms with E-state index in [1.54, 1.807) is 23.5 Å². The number of aromatic nitrogens is 1. The van der Waals surface area contributed by atoms with E-state index in [1.165, 1.54) is 0 Å². The zero-order valence-electron chi connectivity index (χ0n) is 14.4. The second-order valence-electron chi connectivity index (χ2n) is 6.46. The molecular weight excluding hydrogens is 368 g/mol. The third-order valence-corrected chi connectivity index (χ3v) is 6.03. The molecule has 1 saturated heterocycles. The van der Waals surface area contributed by atoms with Gasteiger partial charge in [0.1, 0.15) is 10.8 Å².